The molecule has 1 aliphatic heterocycles. The summed E-state index contributed by atoms with van der Waals surface area (Å²) in [4.78, 5) is 0.354. The predicted molar refractivity (Wildman–Crippen MR) is 150 cm³/mol. The quantitative estimate of drug-likeness (QED) is 0.348. The maximum atomic E-state index is 14.1. The van der Waals surface area contributed by atoms with Crippen molar-refractivity contribution in [1.29, 1.82) is 0 Å². The number of hydrogen-bond donors (Lipinski definition) is 0. The minimum absolute atomic E-state index is 0.329. The van der Waals surface area contributed by atoms with Gasteiger partial charge in [0.15, 0.2) is 9.84 Å². The molecule has 1 aliphatic carbocycles. The Bertz CT molecular complexity index is 1340. The van der Waals surface area contributed by atoms with Crippen molar-refractivity contribution in [2.24, 2.45) is 0 Å². The molecule has 2 aliphatic rings. The van der Waals surface area contributed by atoms with Gasteiger partial charge in [0.2, 0.25) is 0 Å². The molecule has 192 valence electrons. The normalized spacial score (nSPS) is 22.8. The fourth-order valence-corrected chi connectivity index (χ4v) is 7.43. The van der Waals surface area contributed by atoms with Crippen LogP contribution in [0.5, 0.6) is 0 Å². The molecule has 0 spiro atoms. The maximum absolute atomic E-state index is 14.1. The van der Waals surface area contributed by atoms with Crippen LogP contribution in [0.15, 0.2) is 95.4 Å². The Morgan fingerprint density at radius 2 is 1.24 bits per heavy atom. The maximum Gasteiger partial charge on any atom is 0.462 e. The molecule has 2 atom stereocenters. The second kappa shape index (κ2) is 9.57. The molecule has 0 unspecified atom stereocenters. The van der Waals surface area contributed by atoms with Crippen molar-refractivity contribution >= 4 is 22.5 Å². The van der Waals surface area contributed by atoms with Crippen molar-refractivity contribution in [1.82, 2.24) is 0 Å². The largest absolute Gasteiger partial charge is 0.462 e. The van der Waals surface area contributed by atoms with Gasteiger partial charge in [-0.3, -0.25) is 0 Å². The Morgan fingerprint density at radius 1 is 0.757 bits per heavy atom. The molecule has 1 saturated carbocycles. The molecule has 1 saturated heterocycles. The van der Waals surface area contributed by atoms with Gasteiger partial charge in [-0.1, -0.05) is 83.9 Å². The number of sulfone groups is 1. The number of hydrogen-bond acceptors (Lipinski definition) is 4. The van der Waals surface area contributed by atoms with Crippen LogP contribution in [0.3, 0.4) is 0 Å². The second-order valence-electron chi connectivity index (χ2n) is 11.3. The molecule has 37 heavy (non-hydrogen) atoms. The Hall–Kier alpha value is -2.67. The lowest BCUT2D eigenvalue weighted by Crippen LogP contribution is -2.41. The van der Waals surface area contributed by atoms with E-state index < -0.39 is 33.4 Å². The van der Waals surface area contributed by atoms with Crippen molar-refractivity contribution in [2.45, 2.75) is 74.6 Å². The van der Waals surface area contributed by atoms with E-state index in [2.05, 4.69) is 24.3 Å². The van der Waals surface area contributed by atoms with E-state index in [0.717, 1.165) is 27.8 Å². The smallest absolute Gasteiger partial charge is 0.403 e. The monoisotopic (exact) mass is 514 g/mol. The van der Waals surface area contributed by atoms with Gasteiger partial charge in [0.05, 0.1) is 21.3 Å². The minimum Gasteiger partial charge on any atom is -0.403 e. The highest BCUT2D eigenvalue weighted by Gasteiger charge is 2.58. The average molecular weight is 514 g/mol. The Morgan fingerprint density at radius 3 is 1.73 bits per heavy atom. The standard InChI is InChI=1S/C31H35BO4S/c1-22-16-18-26(19-17-22)37(33,34)28-21-25(20-27(28)32-35-30(2,3)31(4,5)36-32)29(23-12-8-6-9-13-23)24-14-10-7-11-15-24/h6-19,27-28H,20-21H2,1-5H3/t27-,28-/m0/s1. The van der Waals surface area contributed by atoms with E-state index in [0.29, 0.717) is 17.7 Å². The number of benzene rings is 3. The van der Waals surface area contributed by atoms with Crippen molar-refractivity contribution in [2.75, 3.05) is 0 Å². The van der Waals surface area contributed by atoms with Crippen LogP contribution in [-0.4, -0.2) is 32.0 Å². The molecule has 0 aromatic heterocycles. The first-order valence-electron chi connectivity index (χ1n) is 13.0. The topological polar surface area (TPSA) is 52.6 Å². The lowest BCUT2D eigenvalue weighted by atomic mass is 9.70. The van der Waals surface area contributed by atoms with E-state index in [4.69, 9.17) is 9.31 Å². The van der Waals surface area contributed by atoms with E-state index in [1.54, 1.807) is 12.1 Å². The van der Waals surface area contributed by atoms with Crippen LogP contribution in [0.4, 0.5) is 0 Å². The van der Waals surface area contributed by atoms with Gasteiger partial charge in [-0.2, -0.15) is 0 Å². The van der Waals surface area contributed by atoms with E-state index in [-0.39, 0.29) is 5.82 Å². The lowest BCUT2D eigenvalue weighted by molar-refractivity contribution is 0.00578. The molecule has 1 heterocycles. The average Bonchev–Trinajstić information content (AvgIpc) is 3.39. The SMILES string of the molecule is Cc1ccc(S(=O)(=O)[C@H]2CC(=C(c3ccccc3)c3ccccc3)C[C@@H]2B2OC(C)(C)C(C)(C)O2)cc1. The third-order valence-electron chi connectivity index (χ3n) is 8.25. The molecular weight excluding hydrogens is 479 g/mol. The van der Waals surface area contributed by atoms with Crippen molar-refractivity contribution in [3.05, 3.63) is 107 Å². The summed E-state index contributed by atoms with van der Waals surface area (Å²) in [5, 5.41) is -0.651. The summed E-state index contributed by atoms with van der Waals surface area (Å²) in [7, 11) is -4.25. The number of aryl methyl sites for hydroxylation is 1. The summed E-state index contributed by atoms with van der Waals surface area (Å²) < 4.78 is 41.2. The highest BCUT2D eigenvalue weighted by atomic mass is 32.2. The Balaban J connectivity index is 1.65. The van der Waals surface area contributed by atoms with Crippen LogP contribution < -0.4 is 0 Å². The molecule has 2 fully saturated rings. The minimum atomic E-state index is -3.64. The molecule has 4 nitrogen and oxygen atoms in total. The first-order chi connectivity index (χ1) is 17.5. The molecule has 3 aromatic rings. The van der Waals surface area contributed by atoms with Gasteiger partial charge in [0, 0.05) is 5.82 Å². The molecule has 3 aromatic carbocycles. The van der Waals surface area contributed by atoms with Gasteiger partial charge >= 0.3 is 7.12 Å². The summed E-state index contributed by atoms with van der Waals surface area (Å²) in [6.07, 6.45) is 1.02. The van der Waals surface area contributed by atoms with E-state index >= 15 is 0 Å². The molecule has 6 heteroatoms. The van der Waals surface area contributed by atoms with E-state index in [9.17, 15) is 8.42 Å². The summed E-state index contributed by atoms with van der Waals surface area (Å²) >= 11 is 0. The van der Waals surface area contributed by atoms with Crippen LogP contribution >= 0.6 is 0 Å². The second-order valence-corrected chi connectivity index (χ2v) is 13.5. The Kier molecular flexibility index (Phi) is 6.72. The van der Waals surface area contributed by atoms with Crippen LogP contribution in [0.25, 0.3) is 5.57 Å². The third-order valence-corrected chi connectivity index (χ3v) is 10.5. The summed E-state index contributed by atoms with van der Waals surface area (Å²) in [6, 6.07) is 27.7. The fourth-order valence-electron chi connectivity index (χ4n) is 5.46. The Labute approximate surface area is 221 Å². The van der Waals surface area contributed by atoms with Gasteiger partial charge in [0.25, 0.3) is 0 Å². The molecule has 0 N–H and O–H groups in total. The van der Waals surface area contributed by atoms with Crippen molar-refractivity contribution in [3.63, 3.8) is 0 Å². The lowest BCUT2D eigenvalue weighted by Gasteiger charge is -2.32. The first-order valence-corrected chi connectivity index (χ1v) is 14.5. The van der Waals surface area contributed by atoms with Crippen molar-refractivity contribution < 1.29 is 17.7 Å². The zero-order valence-corrected chi connectivity index (χ0v) is 23.1. The number of allylic oxidation sites excluding steroid dienone is 1. The third kappa shape index (κ3) is 4.83. The fraction of sp³-hybridized carbons (Fsp3) is 0.355. The number of rotatable bonds is 5. The molecule has 0 radical (unpaired) electrons. The highest BCUT2D eigenvalue weighted by Crippen LogP contribution is 2.51. The van der Waals surface area contributed by atoms with Crippen LogP contribution in [0.2, 0.25) is 5.82 Å². The van der Waals surface area contributed by atoms with Gasteiger partial charge in [-0.15, -0.1) is 0 Å². The molecule has 0 bridgehead atoms. The van der Waals surface area contributed by atoms with Gasteiger partial charge in [-0.25, -0.2) is 8.42 Å². The van der Waals surface area contributed by atoms with Crippen molar-refractivity contribution in [3.8, 4) is 0 Å². The molecular formula is C31H35BO4S. The highest BCUT2D eigenvalue weighted by molar-refractivity contribution is 7.92. The predicted octanol–water partition coefficient (Wildman–Crippen LogP) is 6.90. The zero-order valence-electron chi connectivity index (χ0n) is 22.3. The summed E-state index contributed by atoms with van der Waals surface area (Å²) in [5.74, 6) is -0.329. The molecule has 0 amide bonds. The van der Waals surface area contributed by atoms with E-state index in [1.165, 1.54) is 0 Å². The van der Waals surface area contributed by atoms with Gasteiger partial charge in [0.1, 0.15) is 0 Å². The van der Waals surface area contributed by atoms with Gasteiger partial charge in [-0.05, 0) is 76.3 Å². The molecule has 5 rings (SSSR count). The van der Waals surface area contributed by atoms with E-state index in [1.807, 2.05) is 83.1 Å². The summed E-state index contributed by atoms with van der Waals surface area (Å²) in [6.45, 7) is 10.0. The van der Waals surface area contributed by atoms with Crippen LogP contribution in [0, 0.1) is 6.92 Å². The van der Waals surface area contributed by atoms with Crippen LogP contribution in [-0.2, 0) is 19.1 Å². The first kappa shape index (κ1) is 26.0. The van der Waals surface area contributed by atoms with Crippen LogP contribution in [0.1, 0.15) is 57.2 Å². The summed E-state index contributed by atoms with van der Waals surface area (Å²) in [5.41, 5.74) is 4.36. The van der Waals surface area contributed by atoms with Gasteiger partial charge < -0.3 is 9.31 Å². The zero-order chi connectivity index (χ0) is 26.4.